The van der Waals surface area contributed by atoms with E-state index in [9.17, 15) is 0 Å². The fourth-order valence-electron chi connectivity index (χ4n) is 2.45. The molecule has 1 fully saturated rings. The van der Waals surface area contributed by atoms with Gasteiger partial charge in [-0.25, -0.2) is 9.97 Å². The molecule has 1 unspecified atom stereocenters. The fourth-order valence-corrected chi connectivity index (χ4v) is 2.79. The lowest BCUT2D eigenvalue weighted by molar-refractivity contribution is 0.293. The van der Waals surface area contributed by atoms with Gasteiger partial charge in [0.05, 0.1) is 6.54 Å². The van der Waals surface area contributed by atoms with Gasteiger partial charge in [0.25, 0.3) is 0 Å². The van der Waals surface area contributed by atoms with Crippen molar-refractivity contribution in [2.45, 2.75) is 25.9 Å². The highest BCUT2D eigenvalue weighted by atomic mass is 79.9. The summed E-state index contributed by atoms with van der Waals surface area (Å²) in [5, 5.41) is 3.40. The van der Waals surface area contributed by atoms with Gasteiger partial charge in [0.1, 0.15) is 5.76 Å². The highest BCUT2D eigenvalue weighted by Gasteiger charge is 2.23. The zero-order chi connectivity index (χ0) is 13.9. The zero-order valence-electron chi connectivity index (χ0n) is 11.3. The molecule has 2 aromatic heterocycles. The van der Waals surface area contributed by atoms with Crippen molar-refractivity contribution in [3.8, 4) is 0 Å². The standard InChI is InChI=1S/C14H17BrN4O/c1-10-4-6-16-14(17-10)18-11-5-7-19(8-11)9-12-2-3-13(15)20-12/h2-4,6,11H,5,7-9H2,1H3,(H,16,17,18). The lowest BCUT2D eigenvalue weighted by atomic mass is 10.3. The van der Waals surface area contributed by atoms with Crippen LogP contribution in [0.5, 0.6) is 0 Å². The first-order valence-corrected chi connectivity index (χ1v) is 7.51. The summed E-state index contributed by atoms with van der Waals surface area (Å²) in [4.78, 5) is 11.0. The van der Waals surface area contributed by atoms with Gasteiger partial charge in [0, 0.05) is 31.0 Å². The Morgan fingerprint density at radius 1 is 1.45 bits per heavy atom. The van der Waals surface area contributed by atoms with E-state index in [2.05, 4.69) is 36.1 Å². The van der Waals surface area contributed by atoms with E-state index in [-0.39, 0.29) is 0 Å². The van der Waals surface area contributed by atoms with Crippen LogP contribution in [0.1, 0.15) is 17.9 Å². The van der Waals surface area contributed by atoms with Crippen LogP contribution in [0.25, 0.3) is 0 Å². The number of hydrogen-bond donors (Lipinski definition) is 1. The molecule has 0 aromatic carbocycles. The molecule has 0 amide bonds. The molecule has 0 radical (unpaired) electrons. The molecule has 3 rings (SSSR count). The van der Waals surface area contributed by atoms with E-state index in [0.717, 1.165) is 48.1 Å². The molecule has 5 nitrogen and oxygen atoms in total. The maximum absolute atomic E-state index is 5.54. The van der Waals surface area contributed by atoms with Crippen LogP contribution in [-0.4, -0.2) is 34.0 Å². The number of anilines is 1. The van der Waals surface area contributed by atoms with E-state index in [1.807, 2.05) is 25.1 Å². The van der Waals surface area contributed by atoms with Gasteiger partial charge in [0.15, 0.2) is 4.67 Å². The average Bonchev–Trinajstić information content (AvgIpc) is 3.00. The van der Waals surface area contributed by atoms with Gasteiger partial charge in [-0.2, -0.15) is 0 Å². The van der Waals surface area contributed by atoms with E-state index >= 15 is 0 Å². The molecule has 1 N–H and O–H groups in total. The van der Waals surface area contributed by atoms with Crippen LogP contribution in [0.2, 0.25) is 0 Å². The Bertz CT molecular complexity index is 586. The second-order valence-corrected chi connectivity index (χ2v) is 5.87. The van der Waals surface area contributed by atoms with Crippen molar-refractivity contribution >= 4 is 21.9 Å². The Morgan fingerprint density at radius 2 is 2.35 bits per heavy atom. The lowest BCUT2D eigenvalue weighted by Gasteiger charge is -2.15. The summed E-state index contributed by atoms with van der Waals surface area (Å²) >= 11 is 3.33. The molecule has 0 saturated carbocycles. The molecular formula is C14H17BrN4O. The minimum absolute atomic E-state index is 0.398. The van der Waals surface area contributed by atoms with Crippen LogP contribution in [0.4, 0.5) is 5.95 Å². The van der Waals surface area contributed by atoms with Crippen LogP contribution < -0.4 is 5.32 Å². The number of furan rings is 1. The lowest BCUT2D eigenvalue weighted by Crippen LogP contribution is -2.26. The molecule has 20 heavy (non-hydrogen) atoms. The van der Waals surface area contributed by atoms with Gasteiger partial charge in [-0.1, -0.05) is 0 Å². The number of hydrogen-bond acceptors (Lipinski definition) is 5. The molecule has 106 valence electrons. The second kappa shape index (κ2) is 5.93. The highest BCUT2D eigenvalue weighted by molar-refractivity contribution is 9.10. The predicted octanol–water partition coefficient (Wildman–Crippen LogP) is 2.83. The molecule has 3 heterocycles. The molecule has 0 aliphatic carbocycles. The number of nitrogens with zero attached hydrogens (tertiary/aromatic N) is 3. The summed E-state index contributed by atoms with van der Waals surface area (Å²) < 4.78 is 6.33. The number of aryl methyl sites for hydroxylation is 1. The molecule has 1 atom stereocenters. The van der Waals surface area contributed by atoms with Crippen LogP contribution in [0.3, 0.4) is 0 Å². The highest BCUT2D eigenvalue weighted by Crippen LogP contribution is 2.19. The van der Waals surface area contributed by atoms with Crippen molar-refractivity contribution in [1.82, 2.24) is 14.9 Å². The summed E-state index contributed by atoms with van der Waals surface area (Å²) in [6.45, 7) is 4.86. The summed E-state index contributed by atoms with van der Waals surface area (Å²) in [5.41, 5.74) is 0.984. The fraction of sp³-hybridized carbons (Fsp3) is 0.429. The van der Waals surface area contributed by atoms with Gasteiger partial charge >= 0.3 is 0 Å². The van der Waals surface area contributed by atoms with E-state index in [4.69, 9.17) is 4.42 Å². The van der Waals surface area contributed by atoms with Crippen LogP contribution in [-0.2, 0) is 6.54 Å². The quantitative estimate of drug-likeness (QED) is 0.930. The minimum atomic E-state index is 0.398. The summed E-state index contributed by atoms with van der Waals surface area (Å²) in [6, 6.07) is 6.24. The van der Waals surface area contributed by atoms with E-state index in [1.54, 1.807) is 6.20 Å². The molecule has 1 saturated heterocycles. The molecule has 0 bridgehead atoms. The molecular weight excluding hydrogens is 320 g/mol. The van der Waals surface area contributed by atoms with E-state index in [0.29, 0.717) is 6.04 Å². The van der Waals surface area contributed by atoms with Crippen molar-refractivity contribution in [2.24, 2.45) is 0 Å². The van der Waals surface area contributed by atoms with Crippen LogP contribution >= 0.6 is 15.9 Å². The largest absolute Gasteiger partial charge is 0.453 e. The number of aromatic nitrogens is 2. The monoisotopic (exact) mass is 336 g/mol. The molecule has 1 aliphatic rings. The Kier molecular flexibility index (Phi) is 4.03. The Hall–Kier alpha value is -1.40. The number of nitrogens with one attached hydrogen (secondary N) is 1. The van der Waals surface area contributed by atoms with Gasteiger partial charge in [0.2, 0.25) is 5.95 Å². The topological polar surface area (TPSA) is 54.2 Å². The third-order valence-electron chi connectivity index (χ3n) is 3.41. The normalized spacial score (nSPS) is 19.4. The van der Waals surface area contributed by atoms with Crippen LogP contribution in [0, 0.1) is 6.92 Å². The molecule has 6 heteroatoms. The molecule has 1 aliphatic heterocycles. The first-order chi connectivity index (χ1) is 9.69. The zero-order valence-corrected chi connectivity index (χ0v) is 12.9. The SMILES string of the molecule is Cc1ccnc(NC2CCN(Cc3ccc(Br)o3)C2)n1. The van der Waals surface area contributed by atoms with Gasteiger partial charge < -0.3 is 9.73 Å². The predicted molar refractivity (Wildman–Crippen MR) is 80.5 cm³/mol. The van der Waals surface area contributed by atoms with E-state index in [1.165, 1.54) is 0 Å². The Balaban J connectivity index is 1.54. The maximum atomic E-state index is 5.54. The number of rotatable bonds is 4. The Morgan fingerprint density at radius 3 is 3.10 bits per heavy atom. The third kappa shape index (κ3) is 3.37. The van der Waals surface area contributed by atoms with Crippen molar-refractivity contribution in [2.75, 3.05) is 18.4 Å². The van der Waals surface area contributed by atoms with Crippen LogP contribution in [0.15, 0.2) is 33.5 Å². The van der Waals surface area contributed by atoms with Gasteiger partial charge in [-0.15, -0.1) is 0 Å². The number of halogens is 1. The maximum Gasteiger partial charge on any atom is 0.223 e. The third-order valence-corrected chi connectivity index (χ3v) is 3.83. The number of likely N-dealkylation sites (tertiary alicyclic amines) is 1. The summed E-state index contributed by atoms with van der Waals surface area (Å²) in [5.74, 6) is 1.71. The summed E-state index contributed by atoms with van der Waals surface area (Å²) in [7, 11) is 0. The van der Waals surface area contributed by atoms with E-state index < -0.39 is 0 Å². The van der Waals surface area contributed by atoms with Gasteiger partial charge in [-0.3, -0.25) is 4.90 Å². The molecule has 0 spiro atoms. The first kappa shape index (κ1) is 13.6. The Labute approximate surface area is 126 Å². The van der Waals surface area contributed by atoms with Gasteiger partial charge in [-0.05, 0) is 47.5 Å². The summed E-state index contributed by atoms with van der Waals surface area (Å²) in [6.07, 6.45) is 2.89. The van der Waals surface area contributed by atoms with Crippen molar-refractivity contribution in [1.29, 1.82) is 0 Å². The first-order valence-electron chi connectivity index (χ1n) is 6.72. The van der Waals surface area contributed by atoms with Crippen molar-refractivity contribution in [3.63, 3.8) is 0 Å². The average molecular weight is 337 g/mol. The second-order valence-electron chi connectivity index (χ2n) is 5.09. The molecule has 2 aromatic rings. The smallest absolute Gasteiger partial charge is 0.223 e. The minimum Gasteiger partial charge on any atom is -0.453 e. The van der Waals surface area contributed by atoms with Crippen molar-refractivity contribution < 1.29 is 4.42 Å². The van der Waals surface area contributed by atoms with Crippen molar-refractivity contribution in [3.05, 3.63) is 40.5 Å².